The molecule has 1 saturated heterocycles. The fourth-order valence-electron chi connectivity index (χ4n) is 3.30. The topological polar surface area (TPSA) is 29.5 Å². The van der Waals surface area contributed by atoms with Crippen LogP contribution in [0.15, 0.2) is 0 Å². The molecule has 0 N–H and O–H groups in total. The van der Waals surface area contributed by atoms with Crippen LogP contribution < -0.4 is 0 Å². The van der Waals surface area contributed by atoms with Crippen LogP contribution in [-0.4, -0.2) is 42.0 Å². The molecule has 0 aromatic rings. The van der Waals surface area contributed by atoms with Crippen LogP contribution in [0.3, 0.4) is 0 Å². The van der Waals surface area contributed by atoms with Crippen molar-refractivity contribution in [2.75, 3.05) is 19.7 Å². The molecule has 2 unspecified atom stereocenters. The smallest absolute Gasteiger partial charge is 0.137 e. The zero-order valence-corrected chi connectivity index (χ0v) is 12.1. The van der Waals surface area contributed by atoms with Gasteiger partial charge in [0.15, 0.2) is 0 Å². The van der Waals surface area contributed by atoms with Gasteiger partial charge < -0.3 is 4.74 Å². The number of hydrogen-bond acceptors (Lipinski definition) is 3. The summed E-state index contributed by atoms with van der Waals surface area (Å²) in [5, 5.41) is 0. The second kappa shape index (κ2) is 5.70. The molecule has 0 radical (unpaired) electrons. The number of carbonyl (C=O) groups is 1. The fraction of sp³-hybridized carbons (Fsp3) is 0.933. The van der Waals surface area contributed by atoms with Gasteiger partial charge in [-0.15, -0.1) is 0 Å². The van der Waals surface area contributed by atoms with Crippen molar-refractivity contribution in [1.29, 1.82) is 0 Å². The van der Waals surface area contributed by atoms with E-state index in [0.29, 0.717) is 17.7 Å². The quantitative estimate of drug-likeness (QED) is 0.771. The molecule has 3 heteroatoms. The molecule has 1 aliphatic carbocycles. The molecule has 0 spiro atoms. The van der Waals surface area contributed by atoms with Crippen LogP contribution in [0.1, 0.15) is 52.9 Å². The first-order valence-corrected chi connectivity index (χ1v) is 7.38. The summed E-state index contributed by atoms with van der Waals surface area (Å²) in [5.41, 5.74) is -0.0571. The number of carbonyl (C=O) groups excluding carboxylic acids is 1. The first kappa shape index (κ1) is 14.0. The first-order valence-electron chi connectivity index (χ1n) is 7.38. The third kappa shape index (κ3) is 3.55. The molecular weight excluding hydrogens is 226 g/mol. The van der Waals surface area contributed by atoms with Gasteiger partial charge in [-0.05, 0) is 53.0 Å². The molecule has 0 amide bonds. The molecule has 2 fully saturated rings. The second-order valence-electron chi connectivity index (χ2n) is 6.67. The second-order valence-corrected chi connectivity index (χ2v) is 6.67. The van der Waals surface area contributed by atoms with Gasteiger partial charge in [0.05, 0.1) is 12.2 Å². The van der Waals surface area contributed by atoms with Crippen molar-refractivity contribution in [3.05, 3.63) is 0 Å². The lowest BCUT2D eigenvalue weighted by Crippen LogP contribution is -2.40. The molecule has 1 saturated carbocycles. The molecule has 1 heterocycles. The van der Waals surface area contributed by atoms with E-state index in [-0.39, 0.29) is 5.60 Å². The van der Waals surface area contributed by atoms with Crippen molar-refractivity contribution in [1.82, 2.24) is 4.90 Å². The van der Waals surface area contributed by atoms with E-state index in [0.717, 1.165) is 39.0 Å². The lowest BCUT2D eigenvalue weighted by atomic mass is 9.95. The van der Waals surface area contributed by atoms with Crippen LogP contribution in [0.4, 0.5) is 0 Å². The number of likely N-dealkylation sites (tertiary alicyclic amines) is 1. The molecule has 104 valence electrons. The van der Waals surface area contributed by atoms with Gasteiger partial charge in [0.25, 0.3) is 0 Å². The fourth-order valence-corrected chi connectivity index (χ4v) is 3.30. The molecule has 0 aromatic carbocycles. The minimum atomic E-state index is -0.0571. The molecule has 2 aliphatic rings. The van der Waals surface area contributed by atoms with E-state index in [1.165, 1.54) is 12.8 Å². The summed E-state index contributed by atoms with van der Waals surface area (Å²) in [6.45, 7) is 9.17. The Morgan fingerprint density at radius 3 is 2.67 bits per heavy atom. The van der Waals surface area contributed by atoms with Crippen LogP contribution in [0, 0.1) is 5.92 Å². The van der Waals surface area contributed by atoms with Gasteiger partial charge in [-0.2, -0.15) is 0 Å². The summed E-state index contributed by atoms with van der Waals surface area (Å²) in [6, 6.07) is 0.503. The van der Waals surface area contributed by atoms with Crippen LogP contribution in [0.2, 0.25) is 0 Å². The Labute approximate surface area is 111 Å². The first-order chi connectivity index (χ1) is 8.47. The molecule has 18 heavy (non-hydrogen) atoms. The predicted octanol–water partition coefficient (Wildman–Crippen LogP) is 2.64. The lowest BCUT2D eigenvalue weighted by molar-refractivity contribution is -0.122. The Kier molecular flexibility index (Phi) is 4.44. The van der Waals surface area contributed by atoms with Gasteiger partial charge in [-0.1, -0.05) is 0 Å². The van der Waals surface area contributed by atoms with E-state index in [1.54, 1.807) is 0 Å². The SMILES string of the molecule is CC(C)(C)OCCN1CCCC1C1CCCC1=O. The summed E-state index contributed by atoms with van der Waals surface area (Å²) in [6.07, 6.45) is 5.47. The Bertz CT molecular complexity index is 295. The van der Waals surface area contributed by atoms with Gasteiger partial charge in [0.1, 0.15) is 5.78 Å². The van der Waals surface area contributed by atoms with E-state index in [1.807, 2.05) is 0 Å². The average Bonchev–Trinajstić information content (AvgIpc) is 2.84. The Hall–Kier alpha value is -0.410. The van der Waals surface area contributed by atoms with E-state index in [9.17, 15) is 4.79 Å². The Balaban J connectivity index is 1.82. The monoisotopic (exact) mass is 253 g/mol. The van der Waals surface area contributed by atoms with Crippen LogP contribution in [0.5, 0.6) is 0 Å². The third-order valence-corrected chi connectivity index (χ3v) is 4.14. The highest BCUT2D eigenvalue weighted by Gasteiger charge is 2.37. The van der Waals surface area contributed by atoms with Crippen molar-refractivity contribution >= 4 is 5.78 Å². The van der Waals surface area contributed by atoms with Gasteiger partial charge in [-0.25, -0.2) is 0 Å². The van der Waals surface area contributed by atoms with Crippen molar-refractivity contribution < 1.29 is 9.53 Å². The summed E-state index contributed by atoms with van der Waals surface area (Å²) in [4.78, 5) is 14.4. The molecule has 0 bridgehead atoms. The number of Topliss-reactive ketones (excluding diaryl/α,β-unsaturated/α-hetero) is 1. The number of ether oxygens (including phenoxy) is 1. The highest BCUT2D eigenvalue weighted by atomic mass is 16.5. The van der Waals surface area contributed by atoms with E-state index >= 15 is 0 Å². The maximum Gasteiger partial charge on any atom is 0.137 e. The minimum Gasteiger partial charge on any atom is -0.375 e. The van der Waals surface area contributed by atoms with Gasteiger partial charge in [0.2, 0.25) is 0 Å². The predicted molar refractivity (Wildman–Crippen MR) is 72.6 cm³/mol. The number of rotatable bonds is 4. The van der Waals surface area contributed by atoms with Crippen molar-refractivity contribution in [2.45, 2.75) is 64.5 Å². The van der Waals surface area contributed by atoms with E-state index in [2.05, 4.69) is 25.7 Å². The summed E-state index contributed by atoms with van der Waals surface area (Å²) < 4.78 is 5.80. The van der Waals surface area contributed by atoms with Gasteiger partial charge >= 0.3 is 0 Å². The van der Waals surface area contributed by atoms with Crippen molar-refractivity contribution in [2.24, 2.45) is 5.92 Å². The Morgan fingerprint density at radius 1 is 1.28 bits per heavy atom. The standard InChI is InChI=1S/C15H27NO2/c1-15(2,3)18-11-10-16-9-5-7-13(16)12-6-4-8-14(12)17/h12-13H,4-11H2,1-3H3. The normalized spacial score (nSPS) is 30.3. The van der Waals surface area contributed by atoms with Crippen LogP contribution in [-0.2, 0) is 9.53 Å². The maximum atomic E-state index is 11.9. The number of ketones is 1. The number of hydrogen-bond donors (Lipinski definition) is 0. The lowest BCUT2D eigenvalue weighted by Gasteiger charge is -2.29. The Morgan fingerprint density at radius 2 is 2.06 bits per heavy atom. The molecule has 2 rings (SSSR count). The zero-order valence-electron chi connectivity index (χ0n) is 12.1. The molecule has 1 aliphatic heterocycles. The largest absolute Gasteiger partial charge is 0.375 e. The molecule has 0 aromatic heterocycles. The van der Waals surface area contributed by atoms with E-state index in [4.69, 9.17) is 4.74 Å². The minimum absolute atomic E-state index is 0.0571. The summed E-state index contributed by atoms with van der Waals surface area (Å²) in [7, 11) is 0. The molecular formula is C15H27NO2. The molecule has 3 nitrogen and oxygen atoms in total. The highest BCUT2D eigenvalue weighted by molar-refractivity contribution is 5.83. The van der Waals surface area contributed by atoms with Gasteiger partial charge in [-0.3, -0.25) is 9.69 Å². The average molecular weight is 253 g/mol. The third-order valence-electron chi connectivity index (χ3n) is 4.14. The van der Waals surface area contributed by atoms with Gasteiger partial charge in [0, 0.05) is 24.9 Å². The zero-order chi connectivity index (χ0) is 13.2. The highest BCUT2D eigenvalue weighted by Crippen LogP contribution is 2.33. The van der Waals surface area contributed by atoms with Crippen molar-refractivity contribution in [3.8, 4) is 0 Å². The van der Waals surface area contributed by atoms with Crippen LogP contribution >= 0.6 is 0 Å². The summed E-state index contributed by atoms with van der Waals surface area (Å²) >= 11 is 0. The maximum absolute atomic E-state index is 11.9. The molecule has 2 atom stereocenters. The van der Waals surface area contributed by atoms with Crippen LogP contribution in [0.25, 0.3) is 0 Å². The van der Waals surface area contributed by atoms with Crippen molar-refractivity contribution in [3.63, 3.8) is 0 Å². The van der Waals surface area contributed by atoms with E-state index < -0.39 is 0 Å². The summed E-state index contributed by atoms with van der Waals surface area (Å²) in [5.74, 6) is 0.825. The number of nitrogens with zero attached hydrogens (tertiary/aromatic N) is 1.